The van der Waals surface area contributed by atoms with Gasteiger partial charge in [-0.2, -0.15) is 0 Å². The van der Waals surface area contributed by atoms with Gasteiger partial charge in [0, 0.05) is 5.56 Å². The molecule has 1 saturated heterocycles. The van der Waals surface area contributed by atoms with Crippen LogP contribution in [0.25, 0.3) is 0 Å². The molecule has 1 aromatic carbocycles. The van der Waals surface area contributed by atoms with Crippen LogP contribution in [-0.4, -0.2) is 31.7 Å². The Balaban J connectivity index is 1.84. The number of carbonyl (C=O) groups is 1. The van der Waals surface area contributed by atoms with Crippen LogP contribution >= 0.6 is 0 Å². The minimum absolute atomic E-state index is 0.0671. The van der Waals surface area contributed by atoms with Crippen LogP contribution in [0.15, 0.2) is 18.2 Å². The van der Waals surface area contributed by atoms with E-state index in [0.29, 0.717) is 0 Å². The number of ether oxygens (including phenoxy) is 1. The Labute approximate surface area is 122 Å². The van der Waals surface area contributed by atoms with Gasteiger partial charge in [-0.25, -0.2) is 8.78 Å². The number of nitrogens with one attached hydrogen (secondary N) is 2. The van der Waals surface area contributed by atoms with Crippen LogP contribution < -0.4 is 10.6 Å². The van der Waals surface area contributed by atoms with E-state index < -0.39 is 17.7 Å². The largest absolute Gasteiger partial charge is 0.368 e. The van der Waals surface area contributed by atoms with Crippen molar-refractivity contribution in [2.24, 2.45) is 0 Å². The third-order valence-electron chi connectivity index (χ3n) is 3.55. The molecule has 1 fully saturated rings. The van der Waals surface area contributed by atoms with Gasteiger partial charge in [0.1, 0.15) is 18.2 Å². The molecule has 1 atom stereocenters. The molecule has 1 aromatic rings. The normalized spacial score (nSPS) is 17.5. The lowest BCUT2D eigenvalue weighted by Crippen LogP contribution is -2.36. The predicted molar refractivity (Wildman–Crippen MR) is 74.8 cm³/mol. The molecule has 1 aliphatic rings. The fourth-order valence-electron chi connectivity index (χ4n) is 2.44. The summed E-state index contributed by atoms with van der Waals surface area (Å²) in [6, 6.07) is 2.90. The van der Waals surface area contributed by atoms with Crippen molar-refractivity contribution in [3.05, 3.63) is 35.4 Å². The van der Waals surface area contributed by atoms with Gasteiger partial charge in [0.25, 0.3) is 0 Å². The molecule has 116 valence electrons. The Morgan fingerprint density at radius 3 is 2.62 bits per heavy atom. The molecule has 0 aliphatic carbocycles. The Morgan fingerprint density at radius 2 is 2.00 bits per heavy atom. The minimum Gasteiger partial charge on any atom is -0.368 e. The molecule has 0 saturated carbocycles. The topological polar surface area (TPSA) is 50.4 Å². The van der Waals surface area contributed by atoms with Crippen molar-refractivity contribution < 1.29 is 18.3 Å². The second-order valence-electron chi connectivity index (χ2n) is 5.18. The first-order valence-electron chi connectivity index (χ1n) is 7.13. The highest BCUT2D eigenvalue weighted by atomic mass is 19.1. The number of hydrogen-bond donors (Lipinski definition) is 2. The molecule has 0 aromatic heterocycles. The molecule has 2 N–H and O–H groups in total. The molecule has 1 aliphatic heterocycles. The van der Waals surface area contributed by atoms with E-state index in [1.54, 1.807) is 6.92 Å². The highest BCUT2D eigenvalue weighted by Crippen LogP contribution is 2.20. The van der Waals surface area contributed by atoms with E-state index in [2.05, 4.69) is 10.6 Å². The lowest BCUT2D eigenvalue weighted by Gasteiger charge is -2.23. The van der Waals surface area contributed by atoms with E-state index in [9.17, 15) is 13.6 Å². The van der Waals surface area contributed by atoms with Crippen LogP contribution in [0, 0.1) is 11.6 Å². The van der Waals surface area contributed by atoms with Crippen molar-refractivity contribution in [3.8, 4) is 0 Å². The summed E-state index contributed by atoms with van der Waals surface area (Å²) in [5.74, 6) is -1.70. The van der Waals surface area contributed by atoms with E-state index in [1.165, 1.54) is 18.2 Å². The van der Waals surface area contributed by atoms with Gasteiger partial charge in [-0.05, 0) is 45.0 Å². The molecule has 21 heavy (non-hydrogen) atoms. The highest BCUT2D eigenvalue weighted by Gasteiger charge is 2.19. The summed E-state index contributed by atoms with van der Waals surface area (Å²) in [6.45, 7) is 3.21. The quantitative estimate of drug-likeness (QED) is 0.873. The average molecular weight is 298 g/mol. The van der Waals surface area contributed by atoms with Gasteiger partial charge in [0.15, 0.2) is 0 Å². The Morgan fingerprint density at radius 1 is 1.38 bits per heavy atom. The summed E-state index contributed by atoms with van der Waals surface area (Å²) in [5.41, 5.74) is -0.132. The van der Waals surface area contributed by atoms with Crippen molar-refractivity contribution in [2.75, 3.05) is 19.7 Å². The van der Waals surface area contributed by atoms with Gasteiger partial charge in [-0.15, -0.1) is 0 Å². The summed E-state index contributed by atoms with van der Waals surface area (Å²) in [5, 5.41) is 5.76. The fraction of sp³-hybridized carbons (Fsp3) is 0.533. The first kappa shape index (κ1) is 15.9. The third kappa shape index (κ3) is 4.47. The number of hydrogen-bond acceptors (Lipinski definition) is 3. The number of carbonyl (C=O) groups excluding carboxylic acids is 1. The molecule has 2 rings (SSSR count). The van der Waals surface area contributed by atoms with Crippen LogP contribution in [0.5, 0.6) is 0 Å². The summed E-state index contributed by atoms with van der Waals surface area (Å²) >= 11 is 0. The first-order chi connectivity index (χ1) is 10.1. The lowest BCUT2D eigenvalue weighted by atomic mass is 10.1. The maximum absolute atomic E-state index is 13.6. The first-order valence-corrected chi connectivity index (χ1v) is 7.13. The molecule has 1 amide bonds. The molecule has 1 heterocycles. The van der Waals surface area contributed by atoms with E-state index in [0.717, 1.165) is 25.9 Å². The van der Waals surface area contributed by atoms with Crippen molar-refractivity contribution >= 4 is 5.91 Å². The second-order valence-corrected chi connectivity index (χ2v) is 5.18. The van der Waals surface area contributed by atoms with E-state index >= 15 is 0 Å². The molecular formula is C15H20F2N2O2. The molecule has 1 unspecified atom stereocenters. The standard InChI is InChI=1S/C15H20F2N2O2/c1-10(15-12(16)3-2-4-13(15)17)19-14(20)9-21-11-5-7-18-8-6-11/h2-4,10-11,18H,5-9H2,1H3,(H,19,20). The lowest BCUT2D eigenvalue weighted by molar-refractivity contribution is -0.128. The Bertz CT molecular complexity index is 470. The van der Waals surface area contributed by atoms with Gasteiger partial charge in [0.05, 0.1) is 12.1 Å². The summed E-state index contributed by atoms with van der Waals surface area (Å²) in [4.78, 5) is 11.8. The monoisotopic (exact) mass is 298 g/mol. The zero-order chi connectivity index (χ0) is 15.2. The van der Waals surface area contributed by atoms with Crippen molar-refractivity contribution in [3.63, 3.8) is 0 Å². The van der Waals surface area contributed by atoms with Crippen LogP contribution in [0.4, 0.5) is 8.78 Å². The zero-order valence-electron chi connectivity index (χ0n) is 12.0. The van der Waals surface area contributed by atoms with E-state index in [4.69, 9.17) is 4.74 Å². The minimum atomic E-state index is -0.740. The second kappa shape index (κ2) is 7.47. The maximum atomic E-state index is 13.6. The van der Waals surface area contributed by atoms with E-state index in [-0.39, 0.29) is 24.2 Å². The summed E-state index contributed by atoms with van der Waals surface area (Å²) in [6.07, 6.45) is 1.80. The number of halogens is 2. The molecule has 0 radical (unpaired) electrons. The fourth-order valence-corrected chi connectivity index (χ4v) is 2.44. The van der Waals surface area contributed by atoms with Gasteiger partial charge in [-0.1, -0.05) is 6.07 Å². The van der Waals surface area contributed by atoms with Crippen molar-refractivity contribution in [1.82, 2.24) is 10.6 Å². The molecule has 0 bridgehead atoms. The summed E-state index contributed by atoms with van der Waals surface area (Å²) < 4.78 is 32.7. The van der Waals surface area contributed by atoms with Gasteiger partial charge in [-0.3, -0.25) is 4.79 Å². The third-order valence-corrected chi connectivity index (χ3v) is 3.55. The van der Waals surface area contributed by atoms with Crippen LogP contribution in [-0.2, 0) is 9.53 Å². The zero-order valence-corrected chi connectivity index (χ0v) is 12.0. The number of amides is 1. The predicted octanol–water partition coefficient (Wildman–Crippen LogP) is 1.91. The number of benzene rings is 1. The van der Waals surface area contributed by atoms with Gasteiger partial charge < -0.3 is 15.4 Å². The SMILES string of the molecule is CC(NC(=O)COC1CCNCC1)c1c(F)cccc1F. The van der Waals surface area contributed by atoms with Crippen molar-refractivity contribution in [1.29, 1.82) is 0 Å². The van der Waals surface area contributed by atoms with Gasteiger partial charge in [0.2, 0.25) is 5.91 Å². The van der Waals surface area contributed by atoms with Crippen LogP contribution in [0.1, 0.15) is 31.4 Å². The molecule has 4 nitrogen and oxygen atoms in total. The van der Waals surface area contributed by atoms with Crippen molar-refractivity contribution in [2.45, 2.75) is 31.9 Å². The maximum Gasteiger partial charge on any atom is 0.246 e. The van der Waals surface area contributed by atoms with Gasteiger partial charge >= 0.3 is 0 Å². The van der Waals surface area contributed by atoms with Crippen LogP contribution in [0.3, 0.4) is 0 Å². The average Bonchev–Trinajstić information content (AvgIpc) is 2.46. The number of piperidine rings is 1. The van der Waals surface area contributed by atoms with E-state index in [1.807, 2.05) is 0 Å². The molecule has 6 heteroatoms. The number of rotatable bonds is 5. The molecule has 0 spiro atoms. The Hall–Kier alpha value is -1.53. The van der Waals surface area contributed by atoms with Crippen LogP contribution in [0.2, 0.25) is 0 Å². The highest BCUT2D eigenvalue weighted by molar-refractivity contribution is 5.77. The summed E-state index contributed by atoms with van der Waals surface area (Å²) in [7, 11) is 0. The smallest absolute Gasteiger partial charge is 0.246 e. The Kier molecular flexibility index (Phi) is 5.64. The molecular weight excluding hydrogens is 278 g/mol.